The normalized spacial score (nSPS) is 11.3. The third-order valence-electron chi connectivity index (χ3n) is 3.88. The molecule has 10 heteroatoms. The first kappa shape index (κ1) is 22.4. The molecule has 0 aromatic heterocycles. The number of carbonyl (C=O) groups is 2. The molecule has 0 radical (unpaired) electrons. The van der Waals surface area contributed by atoms with Crippen molar-refractivity contribution in [2.75, 3.05) is 16.6 Å². The molecule has 0 saturated heterocycles. The van der Waals surface area contributed by atoms with Gasteiger partial charge in [-0.25, -0.2) is 18.0 Å². The zero-order valence-corrected chi connectivity index (χ0v) is 17.0. The molecule has 156 valence electrons. The van der Waals surface area contributed by atoms with Gasteiger partial charge in [-0.1, -0.05) is 18.2 Å². The Bertz CT molecular complexity index is 1150. The summed E-state index contributed by atoms with van der Waals surface area (Å²) in [6.45, 7) is 3.25. The zero-order chi connectivity index (χ0) is 22.3. The molecule has 0 aliphatic carbocycles. The van der Waals surface area contributed by atoms with Gasteiger partial charge < -0.3 is 15.2 Å². The average Bonchev–Trinajstić information content (AvgIpc) is 2.69. The smallest absolute Gasteiger partial charge is 0.350 e. The molecule has 30 heavy (non-hydrogen) atoms. The van der Waals surface area contributed by atoms with Crippen LogP contribution in [0.4, 0.5) is 11.4 Å². The Labute approximate surface area is 173 Å². The monoisotopic (exact) mass is 429 g/mol. The molecule has 2 aromatic carbocycles. The number of ether oxygens (including phenoxy) is 1. The lowest BCUT2D eigenvalue weighted by molar-refractivity contribution is -0.138. The first-order valence-corrected chi connectivity index (χ1v) is 10.2. The van der Waals surface area contributed by atoms with Gasteiger partial charge in [0.05, 0.1) is 28.4 Å². The summed E-state index contributed by atoms with van der Waals surface area (Å²) in [6, 6.07) is 11.7. The third kappa shape index (κ3) is 5.36. The van der Waals surface area contributed by atoms with Crippen molar-refractivity contribution in [3.05, 3.63) is 65.4 Å². The van der Waals surface area contributed by atoms with E-state index >= 15 is 0 Å². The van der Waals surface area contributed by atoms with Gasteiger partial charge in [0.1, 0.15) is 6.07 Å². The molecule has 0 heterocycles. The van der Waals surface area contributed by atoms with Gasteiger partial charge in [0.2, 0.25) is 0 Å². The summed E-state index contributed by atoms with van der Waals surface area (Å²) in [5.74, 6) is -2.06. The van der Waals surface area contributed by atoms with Crippen LogP contribution in [-0.2, 0) is 19.6 Å². The van der Waals surface area contributed by atoms with Crippen molar-refractivity contribution in [1.82, 2.24) is 0 Å². The van der Waals surface area contributed by atoms with Crippen LogP contribution in [0.5, 0.6) is 0 Å². The first-order chi connectivity index (χ1) is 14.2. The maximum Gasteiger partial charge on any atom is 0.350 e. The molecule has 2 rings (SSSR count). The molecule has 0 atom stereocenters. The number of nitrogens with one attached hydrogen (secondary N) is 2. The number of esters is 1. The molecule has 2 aromatic rings. The van der Waals surface area contributed by atoms with E-state index in [4.69, 9.17) is 15.1 Å². The number of aryl methyl sites for hydroxylation is 1. The number of hydrogen-bond acceptors (Lipinski definition) is 7. The van der Waals surface area contributed by atoms with E-state index in [9.17, 15) is 18.0 Å². The minimum Gasteiger partial charge on any atom is -0.478 e. The number of benzene rings is 2. The minimum absolute atomic E-state index is 0.100. The van der Waals surface area contributed by atoms with Crippen molar-refractivity contribution in [1.29, 1.82) is 5.26 Å². The van der Waals surface area contributed by atoms with Gasteiger partial charge in [-0.2, -0.15) is 5.26 Å². The van der Waals surface area contributed by atoms with Crippen LogP contribution in [0, 0.1) is 18.3 Å². The van der Waals surface area contributed by atoms with Crippen molar-refractivity contribution in [3.63, 3.8) is 0 Å². The number of nitriles is 1. The van der Waals surface area contributed by atoms with Crippen LogP contribution < -0.4 is 10.0 Å². The lowest BCUT2D eigenvalue weighted by Gasteiger charge is -2.14. The summed E-state index contributed by atoms with van der Waals surface area (Å²) >= 11 is 0. The van der Waals surface area contributed by atoms with Crippen LogP contribution in [-0.4, -0.2) is 32.1 Å². The second-order valence-corrected chi connectivity index (χ2v) is 7.62. The van der Waals surface area contributed by atoms with Gasteiger partial charge in [-0.05, 0) is 43.7 Å². The number of hydrogen-bond donors (Lipinski definition) is 3. The Morgan fingerprint density at radius 2 is 1.87 bits per heavy atom. The summed E-state index contributed by atoms with van der Waals surface area (Å²) in [5.41, 5.74) is 0.315. The zero-order valence-electron chi connectivity index (χ0n) is 16.2. The largest absolute Gasteiger partial charge is 0.478 e. The lowest BCUT2D eigenvalue weighted by atomic mass is 10.1. The maximum atomic E-state index is 12.9. The summed E-state index contributed by atoms with van der Waals surface area (Å²) in [7, 11) is -4.12. The average molecular weight is 429 g/mol. The number of para-hydroxylation sites is 2. The van der Waals surface area contributed by atoms with Crippen LogP contribution in [0.3, 0.4) is 0 Å². The summed E-state index contributed by atoms with van der Waals surface area (Å²) in [5, 5.41) is 20.9. The van der Waals surface area contributed by atoms with Crippen molar-refractivity contribution in [2.45, 2.75) is 18.7 Å². The highest BCUT2D eigenvalue weighted by atomic mass is 32.2. The number of anilines is 2. The molecular formula is C20H19N3O6S. The summed E-state index contributed by atoms with van der Waals surface area (Å²) in [4.78, 5) is 22.7. The molecular weight excluding hydrogens is 410 g/mol. The van der Waals surface area contributed by atoms with Gasteiger partial charge in [0.25, 0.3) is 10.0 Å². The Hall–Kier alpha value is -3.84. The summed E-state index contributed by atoms with van der Waals surface area (Å²) < 4.78 is 32.9. The molecule has 3 N–H and O–H groups in total. The highest BCUT2D eigenvalue weighted by Crippen LogP contribution is 2.26. The predicted octanol–water partition coefficient (Wildman–Crippen LogP) is 2.88. The second kappa shape index (κ2) is 9.58. The Balaban J connectivity index is 2.37. The second-order valence-electron chi connectivity index (χ2n) is 5.97. The van der Waals surface area contributed by atoms with Crippen LogP contribution in [0.2, 0.25) is 0 Å². The van der Waals surface area contributed by atoms with Crippen molar-refractivity contribution < 1.29 is 27.9 Å². The minimum atomic E-state index is -4.12. The molecule has 0 aliphatic rings. The topological polar surface area (TPSA) is 146 Å². The number of rotatable bonds is 8. The number of carbonyl (C=O) groups excluding carboxylic acids is 1. The van der Waals surface area contributed by atoms with E-state index in [1.165, 1.54) is 24.3 Å². The fraction of sp³-hybridized carbons (Fsp3) is 0.150. The molecule has 0 saturated carbocycles. The lowest BCUT2D eigenvalue weighted by Crippen LogP contribution is -2.16. The SMILES string of the molecule is CCOC(=O)/C(C#N)=C/Nc1ccccc1NS(=O)(=O)c1cc(C(=O)O)ccc1C. The number of carboxylic acid groups (broad SMARTS) is 1. The molecule has 0 bridgehead atoms. The van der Waals surface area contributed by atoms with Gasteiger partial charge in [0, 0.05) is 6.20 Å². The van der Waals surface area contributed by atoms with Gasteiger partial charge in [0.15, 0.2) is 5.57 Å². The molecule has 0 amide bonds. The van der Waals surface area contributed by atoms with Crippen LogP contribution in [0.25, 0.3) is 0 Å². The standard InChI is InChI=1S/C20H19N3O6S/c1-3-29-20(26)15(11-21)12-22-16-6-4-5-7-17(16)23-30(27,28)18-10-14(19(24)25)9-8-13(18)2/h4-10,12,22-23H,3H2,1-2H3,(H,24,25)/b15-12+. The Kier molecular flexibility index (Phi) is 7.17. The van der Waals surface area contributed by atoms with Crippen molar-refractivity contribution in [2.24, 2.45) is 0 Å². The molecule has 0 fully saturated rings. The van der Waals surface area contributed by atoms with Crippen LogP contribution in [0.1, 0.15) is 22.8 Å². The van der Waals surface area contributed by atoms with E-state index in [1.54, 1.807) is 32.0 Å². The number of carboxylic acids is 1. The van der Waals surface area contributed by atoms with Gasteiger partial charge in [-0.15, -0.1) is 0 Å². The quantitative estimate of drug-likeness (QED) is 0.330. The van der Waals surface area contributed by atoms with E-state index in [0.717, 1.165) is 12.3 Å². The van der Waals surface area contributed by atoms with Crippen LogP contribution in [0.15, 0.2) is 59.1 Å². The maximum absolute atomic E-state index is 12.9. The number of nitrogens with zero attached hydrogens (tertiary/aromatic N) is 1. The first-order valence-electron chi connectivity index (χ1n) is 8.69. The van der Waals surface area contributed by atoms with E-state index in [-0.39, 0.29) is 34.0 Å². The van der Waals surface area contributed by atoms with E-state index in [2.05, 4.69) is 10.0 Å². The Morgan fingerprint density at radius 3 is 2.47 bits per heavy atom. The highest BCUT2D eigenvalue weighted by molar-refractivity contribution is 7.92. The van der Waals surface area contributed by atoms with Gasteiger partial charge >= 0.3 is 11.9 Å². The van der Waals surface area contributed by atoms with E-state index < -0.39 is 22.0 Å². The third-order valence-corrected chi connectivity index (χ3v) is 5.39. The van der Waals surface area contributed by atoms with Crippen molar-refractivity contribution in [3.8, 4) is 6.07 Å². The Morgan fingerprint density at radius 1 is 1.20 bits per heavy atom. The van der Waals surface area contributed by atoms with Gasteiger partial charge in [-0.3, -0.25) is 4.72 Å². The number of sulfonamides is 1. The highest BCUT2D eigenvalue weighted by Gasteiger charge is 2.20. The van der Waals surface area contributed by atoms with E-state index in [1.807, 2.05) is 0 Å². The summed E-state index contributed by atoms with van der Waals surface area (Å²) in [6.07, 6.45) is 1.11. The molecule has 0 unspecified atom stereocenters. The molecule has 0 spiro atoms. The van der Waals surface area contributed by atoms with Crippen molar-refractivity contribution >= 4 is 33.3 Å². The fourth-order valence-corrected chi connectivity index (χ4v) is 3.77. The fourth-order valence-electron chi connectivity index (χ4n) is 2.42. The number of aromatic carboxylic acids is 1. The molecule has 0 aliphatic heterocycles. The molecule has 9 nitrogen and oxygen atoms in total. The van der Waals surface area contributed by atoms with Crippen LogP contribution >= 0.6 is 0 Å². The van der Waals surface area contributed by atoms with E-state index in [0.29, 0.717) is 5.56 Å². The predicted molar refractivity (Wildman–Crippen MR) is 109 cm³/mol.